The number of benzene rings is 4. The molecule has 8 nitrogen and oxygen atoms in total. The number of amides is 1. The number of ketones is 1. The number of hydrogen-bond acceptors (Lipinski definition) is 7. The second kappa shape index (κ2) is 11.4. The Balaban J connectivity index is 1.47. The third kappa shape index (κ3) is 5.69. The molecular formula is C31H25N3O5S. The molecule has 5 rings (SSSR count). The number of nitrogens with zero attached hydrogens (tertiary/aromatic N) is 1. The van der Waals surface area contributed by atoms with E-state index < -0.39 is 21.5 Å². The lowest BCUT2D eigenvalue weighted by molar-refractivity contribution is -0.116. The molecule has 0 radical (unpaired) electrons. The topological polar surface area (TPSA) is 114 Å². The van der Waals surface area contributed by atoms with Gasteiger partial charge in [0.1, 0.15) is 11.5 Å². The van der Waals surface area contributed by atoms with E-state index in [1.165, 1.54) is 31.4 Å². The van der Waals surface area contributed by atoms with E-state index in [0.717, 1.165) is 0 Å². The maximum Gasteiger partial charge on any atom is 0.259 e. The standard InChI is InChI=1S/C31H25N3O5S/c1-39-28-17-16-24(40(37,38)20-21-10-4-2-5-11-21)19-27(28)33-34-29-25-15-9-8-12-22(25)18-26(30(29)35)31(36)32-23-13-6-3-7-14-23/h2-19,33H,20H2,1H3,(H,32,36)/b34-29-. The van der Waals surface area contributed by atoms with Crippen LogP contribution in [0.5, 0.6) is 5.75 Å². The van der Waals surface area contributed by atoms with Gasteiger partial charge in [0.05, 0.1) is 29.0 Å². The van der Waals surface area contributed by atoms with Crippen molar-refractivity contribution in [3.8, 4) is 5.75 Å². The minimum absolute atomic E-state index is 0.0101. The van der Waals surface area contributed by atoms with Crippen molar-refractivity contribution in [2.45, 2.75) is 10.6 Å². The van der Waals surface area contributed by atoms with Crippen LogP contribution in [0.2, 0.25) is 0 Å². The molecule has 0 spiro atoms. The highest BCUT2D eigenvalue weighted by Crippen LogP contribution is 2.30. The molecule has 1 aliphatic rings. The second-order valence-corrected chi connectivity index (χ2v) is 11.0. The summed E-state index contributed by atoms with van der Waals surface area (Å²) in [5.41, 5.74) is 5.38. The molecule has 1 aliphatic carbocycles. The quantitative estimate of drug-likeness (QED) is 0.233. The number of para-hydroxylation sites is 1. The monoisotopic (exact) mass is 551 g/mol. The van der Waals surface area contributed by atoms with Gasteiger partial charge in [0, 0.05) is 11.3 Å². The van der Waals surface area contributed by atoms with Gasteiger partial charge in [-0.15, -0.1) is 0 Å². The molecule has 0 atom stereocenters. The molecule has 4 aromatic carbocycles. The van der Waals surface area contributed by atoms with Crippen molar-refractivity contribution in [1.82, 2.24) is 0 Å². The molecule has 4 aromatic rings. The number of nitrogens with one attached hydrogen (secondary N) is 2. The van der Waals surface area contributed by atoms with Crippen LogP contribution in [0.3, 0.4) is 0 Å². The van der Waals surface area contributed by atoms with Crippen LogP contribution >= 0.6 is 0 Å². The summed E-state index contributed by atoms with van der Waals surface area (Å²) < 4.78 is 31.7. The van der Waals surface area contributed by atoms with Gasteiger partial charge in [-0.05, 0) is 47.5 Å². The number of rotatable bonds is 8. The second-order valence-electron chi connectivity index (χ2n) is 8.97. The highest BCUT2D eigenvalue weighted by atomic mass is 32.2. The summed E-state index contributed by atoms with van der Waals surface area (Å²) in [6, 6.07) is 29.2. The van der Waals surface area contributed by atoms with Crippen molar-refractivity contribution >= 4 is 44.7 Å². The molecule has 2 N–H and O–H groups in total. The summed E-state index contributed by atoms with van der Waals surface area (Å²) in [6.07, 6.45) is 1.53. The molecule has 40 heavy (non-hydrogen) atoms. The third-order valence-electron chi connectivity index (χ3n) is 6.27. The Labute approximate surface area is 231 Å². The van der Waals surface area contributed by atoms with Crippen molar-refractivity contribution in [3.63, 3.8) is 0 Å². The Kier molecular flexibility index (Phi) is 7.56. The molecule has 0 bridgehead atoms. The predicted molar refractivity (Wildman–Crippen MR) is 155 cm³/mol. The van der Waals surface area contributed by atoms with E-state index in [0.29, 0.717) is 28.1 Å². The number of fused-ring (bicyclic) bond motifs is 1. The van der Waals surface area contributed by atoms with Gasteiger partial charge < -0.3 is 10.1 Å². The van der Waals surface area contributed by atoms with E-state index in [1.807, 2.05) is 12.1 Å². The van der Waals surface area contributed by atoms with Crippen LogP contribution in [0.25, 0.3) is 6.08 Å². The summed E-state index contributed by atoms with van der Waals surface area (Å²) >= 11 is 0. The molecule has 0 unspecified atom stereocenters. The first-order valence-corrected chi connectivity index (χ1v) is 14.0. The lowest BCUT2D eigenvalue weighted by atomic mass is 9.89. The fourth-order valence-corrected chi connectivity index (χ4v) is 5.64. The minimum atomic E-state index is -3.69. The molecule has 0 saturated heterocycles. The van der Waals surface area contributed by atoms with E-state index >= 15 is 0 Å². The zero-order valence-electron chi connectivity index (χ0n) is 21.5. The highest BCUT2D eigenvalue weighted by Gasteiger charge is 2.30. The van der Waals surface area contributed by atoms with Crippen LogP contribution in [-0.4, -0.2) is 32.9 Å². The molecule has 1 amide bonds. The minimum Gasteiger partial charge on any atom is -0.495 e. The number of hydrazone groups is 1. The summed E-state index contributed by atoms with van der Waals surface area (Å²) in [4.78, 5) is 26.6. The van der Waals surface area contributed by atoms with E-state index in [1.54, 1.807) is 72.8 Å². The average molecular weight is 552 g/mol. The zero-order valence-corrected chi connectivity index (χ0v) is 22.3. The van der Waals surface area contributed by atoms with Crippen LogP contribution in [0.4, 0.5) is 11.4 Å². The Morgan fingerprint density at radius 2 is 1.55 bits per heavy atom. The molecule has 0 fully saturated rings. The van der Waals surface area contributed by atoms with E-state index in [4.69, 9.17) is 4.74 Å². The maximum absolute atomic E-state index is 13.5. The largest absolute Gasteiger partial charge is 0.495 e. The van der Waals surface area contributed by atoms with Crippen LogP contribution in [0.1, 0.15) is 16.7 Å². The fourth-order valence-electron chi connectivity index (χ4n) is 4.27. The van der Waals surface area contributed by atoms with Crippen LogP contribution in [-0.2, 0) is 25.2 Å². The van der Waals surface area contributed by atoms with Gasteiger partial charge in [-0.1, -0.05) is 72.8 Å². The third-order valence-corrected chi connectivity index (χ3v) is 7.96. The van der Waals surface area contributed by atoms with E-state index in [9.17, 15) is 18.0 Å². The Morgan fingerprint density at radius 1 is 0.875 bits per heavy atom. The molecule has 0 aromatic heterocycles. The molecule has 0 aliphatic heterocycles. The maximum atomic E-state index is 13.5. The number of carbonyl (C=O) groups excluding carboxylic acids is 2. The van der Waals surface area contributed by atoms with Crippen molar-refractivity contribution in [2.24, 2.45) is 5.10 Å². The molecule has 200 valence electrons. The molecular weight excluding hydrogens is 526 g/mol. The normalized spacial score (nSPS) is 13.8. The molecule has 0 heterocycles. The SMILES string of the molecule is COc1ccc(S(=O)(=O)Cc2ccccc2)cc1N/N=C1\C(=O)C(C(=O)Nc2ccccc2)=Cc2ccccc21. The Hall–Kier alpha value is -5.02. The summed E-state index contributed by atoms with van der Waals surface area (Å²) in [6.45, 7) is 0. The number of methoxy groups -OCH3 is 1. The summed E-state index contributed by atoms with van der Waals surface area (Å²) in [5.74, 6) is -0.987. The van der Waals surface area contributed by atoms with Crippen LogP contribution in [0, 0.1) is 0 Å². The lowest BCUT2D eigenvalue weighted by Gasteiger charge is -2.18. The van der Waals surface area contributed by atoms with Gasteiger partial charge in [-0.25, -0.2) is 8.42 Å². The lowest BCUT2D eigenvalue weighted by Crippen LogP contribution is -2.30. The van der Waals surface area contributed by atoms with Gasteiger partial charge >= 0.3 is 0 Å². The molecule has 9 heteroatoms. The van der Waals surface area contributed by atoms with Crippen molar-refractivity contribution < 1.29 is 22.7 Å². The van der Waals surface area contributed by atoms with Gasteiger partial charge in [0.2, 0.25) is 5.78 Å². The average Bonchev–Trinajstić information content (AvgIpc) is 2.97. The fraction of sp³-hybridized carbons (Fsp3) is 0.0645. The number of Topliss-reactive ketones (excluding diaryl/α,β-unsaturated/α-hetero) is 1. The Morgan fingerprint density at radius 3 is 2.27 bits per heavy atom. The zero-order chi connectivity index (χ0) is 28.1. The van der Waals surface area contributed by atoms with E-state index in [-0.39, 0.29) is 27.6 Å². The predicted octanol–water partition coefficient (Wildman–Crippen LogP) is 5.09. The summed E-state index contributed by atoms with van der Waals surface area (Å²) in [5, 5.41) is 7.09. The van der Waals surface area contributed by atoms with Gasteiger partial charge in [-0.2, -0.15) is 5.10 Å². The highest BCUT2D eigenvalue weighted by molar-refractivity contribution is 7.90. The first kappa shape index (κ1) is 26.6. The van der Waals surface area contributed by atoms with E-state index in [2.05, 4.69) is 15.8 Å². The first-order valence-electron chi connectivity index (χ1n) is 12.4. The van der Waals surface area contributed by atoms with Crippen molar-refractivity contribution in [3.05, 3.63) is 125 Å². The van der Waals surface area contributed by atoms with Crippen molar-refractivity contribution in [1.29, 1.82) is 0 Å². The molecule has 0 saturated carbocycles. The number of anilines is 2. The number of carbonyl (C=O) groups is 2. The number of hydrogen-bond donors (Lipinski definition) is 2. The van der Waals surface area contributed by atoms with Crippen LogP contribution < -0.4 is 15.5 Å². The number of ether oxygens (including phenoxy) is 1. The van der Waals surface area contributed by atoms with Gasteiger partial charge in [0.15, 0.2) is 9.84 Å². The summed E-state index contributed by atoms with van der Waals surface area (Å²) in [7, 11) is -2.24. The first-order chi connectivity index (χ1) is 19.4. The Bertz CT molecular complexity index is 1750. The van der Waals surface area contributed by atoms with Crippen LogP contribution in [0.15, 0.2) is 119 Å². The van der Waals surface area contributed by atoms with Gasteiger partial charge in [-0.3, -0.25) is 15.0 Å². The van der Waals surface area contributed by atoms with Gasteiger partial charge in [0.25, 0.3) is 5.91 Å². The van der Waals surface area contributed by atoms with Crippen molar-refractivity contribution in [2.75, 3.05) is 17.9 Å². The number of sulfone groups is 1. The smallest absolute Gasteiger partial charge is 0.259 e.